The van der Waals surface area contributed by atoms with Crippen molar-refractivity contribution < 1.29 is 9.32 Å². The summed E-state index contributed by atoms with van der Waals surface area (Å²) in [4.78, 5) is 10.8. The van der Waals surface area contributed by atoms with E-state index in [1.54, 1.807) is 18.2 Å². The Hall–Kier alpha value is -2.42. The molecule has 0 N–H and O–H groups in total. The van der Waals surface area contributed by atoms with Gasteiger partial charge in [-0.3, -0.25) is 4.79 Å². The quantitative estimate of drug-likeness (QED) is 0.639. The molecule has 3 nitrogen and oxygen atoms in total. The smallest absolute Gasteiger partial charge is 0.167 e. The van der Waals surface area contributed by atoms with Gasteiger partial charge in [-0.1, -0.05) is 35.0 Å². The SMILES string of the molecule is Cc1ccc(-c2noc3ccc(C=O)cc23)cc1. The molecule has 1 aromatic heterocycles. The molecule has 88 valence electrons. The molecule has 0 unspecified atom stereocenters. The first-order chi connectivity index (χ1) is 8.78. The van der Waals surface area contributed by atoms with Crippen molar-refractivity contribution in [1.82, 2.24) is 5.16 Å². The van der Waals surface area contributed by atoms with Gasteiger partial charge in [-0.15, -0.1) is 0 Å². The van der Waals surface area contributed by atoms with E-state index in [2.05, 4.69) is 5.16 Å². The van der Waals surface area contributed by atoms with Gasteiger partial charge in [-0.2, -0.15) is 0 Å². The topological polar surface area (TPSA) is 43.1 Å². The van der Waals surface area contributed by atoms with Crippen molar-refractivity contribution in [3.63, 3.8) is 0 Å². The highest BCUT2D eigenvalue weighted by Gasteiger charge is 2.10. The molecule has 0 fully saturated rings. The summed E-state index contributed by atoms with van der Waals surface area (Å²) in [6.45, 7) is 2.04. The Morgan fingerprint density at radius 2 is 1.89 bits per heavy atom. The number of carbonyl (C=O) groups excluding carboxylic acids is 1. The van der Waals surface area contributed by atoms with Gasteiger partial charge in [0.2, 0.25) is 0 Å². The summed E-state index contributed by atoms with van der Waals surface area (Å²) in [5, 5.41) is 4.94. The van der Waals surface area contributed by atoms with E-state index in [4.69, 9.17) is 4.52 Å². The second kappa shape index (κ2) is 4.11. The average molecular weight is 237 g/mol. The maximum absolute atomic E-state index is 10.8. The molecule has 1 heterocycles. The molecule has 0 aliphatic heterocycles. The summed E-state index contributed by atoms with van der Waals surface area (Å²) >= 11 is 0. The first-order valence-corrected chi connectivity index (χ1v) is 5.69. The van der Waals surface area contributed by atoms with Crippen LogP contribution in [0.15, 0.2) is 47.0 Å². The molecule has 2 aromatic carbocycles. The molecule has 0 aliphatic rings. The summed E-state index contributed by atoms with van der Waals surface area (Å²) in [7, 11) is 0. The molecule has 3 aromatic rings. The number of hydrogen-bond donors (Lipinski definition) is 0. The summed E-state index contributed by atoms with van der Waals surface area (Å²) in [5.74, 6) is 0. The fourth-order valence-electron chi connectivity index (χ4n) is 1.95. The van der Waals surface area contributed by atoms with E-state index in [0.29, 0.717) is 11.1 Å². The van der Waals surface area contributed by atoms with Crippen LogP contribution in [0.3, 0.4) is 0 Å². The Kier molecular flexibility index (Phi) is 2.45. The van der Waals surface area contributed by atoms with Crippen LogP contribution >= 0.6 is 0 Å². The third-order valence-corrected chi connectivity index (χ3v) is 2.96. The summed E-state index contributed by atoms with van der Waals surface area (Å²) in [6, 6.07) is 13.3. The van der Waals surface area contributed by atoms with Crippen molar-refractivity contribution in [2.24, 2.45) is 0 Å². The second-order valence-corrected chi connectivity index (χ2v) is 4.27. The second-order valence-electron chi connectivity index (χ2n) is 4.27. The highest BCUT2D eigenvalue weighted by molar-refractivity contribution is 5.94. The maximum atomic E-state index is 10.8. The first-order valence-electron chi connectivity index (χ1n) is 5.69. The zero-order valence-corrected chi connectivity index (χ0v) is 9.88. The molecular formula is C15H11NO2. The number of aromatic nitrogens is 1. The lowest BCUT2D eigenvalue weighted by molar-refractivity contribution is 0.112. The highest BCUT2D eigenvalue weighted by atomic mass is 16.5. The number of hydrogen-bond acceptors (Lipinski definition) is 3. The van der Waals surface area contributed by atoms with Crippen LogP contribution in [0.2, 0.25) is 0 Å². The number of aryl methyl sites for hydroxylation is 1. The molecule has 3 heteroatoms. The van der Waals surface area contributed by atoms with Gasteiger partial charge >= 0.3 is 0 Å². The van der Waals surface area contributed by atoms with E-state index in [0.717, 1.165) is 22.9 Å². The third kappa shape index (κ3) is 1.70. The molecule has 18 heavy (non-hydrogen) atoms. The van der Waals surface area contributed by atoms with Crippen LogP contribution in [0.5, 0.6) is 0 Å². The Bertz CT molecular complexity index is 711. The van der Waals surface area contributed by atoms with E-state index in [9.17, 15) is 4.79 Å². The van der Waals surface area contributed by atoms with Crippen molar-refractivity contribution in [1.29, 1.82) is 0 Å². The van der Waals surface area contributed by atoms with Crippen molar-refractivity contribution in [3.8, 4) is 11.3 Å². The summed E-state index contributed by atoms with van der Waals surface area (Å²) < 4.78 is 5.27. The minimum absolute atomic E-state index is 0.624. The fraction of sp³-hybridized carbons (Fsp3) is 0.0667. The molecule has 0 amide bonds. The molecule has 0 aliphatic carbocycles. The molecule has 0 bridgehead atoms. The Labute approximate surface area is 104 Å². The first kappa shape index (κ1) is 10.7. The van der Waals surface area contributed by atoms with Crippen molar-refractivity contribution in [3.05, 3.63) is 53.6 Å². The van der Waals surface area contributed by atoms with Crippen LogP contribution < -0.4 is 0 Å². The lowest BCUT2D eigenvalue weighted by Crippen LogP contribution is -1.81. The molecule has 0 atom stereocenters. The molecule has 0 spiro atoms. The largest absolute Gasteiger partial charge is 0.356 e. The van der Waals surface area contributed by atoms with Gasteiger partial charge < -0.3 is 4.52 Å². The van der Waals surface area contributed by atoms with Gasteiger partial charge in [0.05, 0.1) is 5.39 Å². The maximum Gasteiger partial charge on any atom is 0.167 e. The van der Waals surface area contributed by atoms with Gasteiger partial charge in [-0.05, 0) is 25.1 Å². The van der Waals surface area contributed by atoms with Gasteiger partial charge in [-0.25, -0.2) is 0 Å². The number of benzene rings is 2. The molecule has 0 saturated carbocycles. The van der Waals surface area contributed by atoms with Crippen molar-refractivity contribution in [2.75, 3.05) is 0 Å². The average Bonchev–Trinajstić information content (AvgIpc) is 2.82. The monoisotopic (exact) mass is 237 g/mol. The minimum atomic E-state index is 0.624. The Morgan fingerprint density at radius 1 is 1.11 bits per heavy atom. The highest BCUT2D eigenvalue weighted by Crippen LogP contribution is 2.28. The van der Waals surface area contributed by atoms with E-state index >= 15 is 0 Å². The van der Waals surface area contributed by atoms with Gasteiger partial charge in [0.15, 0.2) is 5.58 Å². The number of aldehydes is 1. The number of fused-ring (bicyclic) bond motifs is 1. The molecule has 3 rings (SSSR count). The van der Waals surface area contributed by atoms with Crippen LogP contribution in [-0.4, -0.2) is 11.4 Å². The molecule has 0 saturated heterocycles. The third-order valence-electron chi connectivity index (χ3n) is 2.96. The lowest BCUT2D eigenvalue weighted by atomic mass is 10.1. The van der Waals surface area contributed by atoms with Crippen LogP contribution in [-0.2, 0) is 0 Å². The number of rotatable bonds is 2. The van der Waals surface area contributed by atoms with Crippen molar-refractivity contribution >= 4 is 17.3 Å². The minimum Gasteiger partial charge on any atom is -0.356 e. The molecular weight excluding hydrogens is 226 g/mol. The predicted octanol–water partition coefficient (Wildman–Crippen LogP) is 3.62. The van der Waals surface area contributed by atoms with Crippen LogP contribution in [0.25, 0.3) is 22.2 Å². The summed E-state index contributed by atoms with van der Waals surface area (Å²) in [5.41, 5.74) is 4.27. The zero-order chi connectivity index (χ0) is 12.5. The molecule has 0 radical (unpaired) electrons. The van der Waals surface area contributed by atoms with E-state index < -0.39 is 0 Å². The van der Waals surface area contributed by atoms with Gasteiger partial charge in [0.1, 0.15) is 12.0 Å². The Balaban J connectivity index is 2.22. The van der Waals surface area contributed by atoms with Crippen LogP contribution in [0, 0.1) is 6.92 Å². The fourth-order valence-corrected chi connectivity index (χ4v) is 1.95. The predicted molar refractivity (Wildman–Crippen MR) is 69.6 cm³/mol. The standard InChI is InChI=1S/C15H11NO2/c1-10-2-5-12(6-3-10)15-13-8-11(9-17)4-7-14(13)18-16-15/h2-9H,1H3. The van der Waals surface area contributed by atoms with E-state index in [1.807, 2.05) is 31.2 Å². The summed E-state index contributed by atoms with van der Waals surface area (Å²) in [6.07, 6.45) is 0.825. The van der Waals surface area contributed by atoms with E-state index in [-0.39, 0.29) is 0 Å². The van der Waals surface area contributed by atoms with Crippen LogP contribution in [0.1, 0.15) is 15.9 Å². The Morgan fingerprint density at radius 3 is 2.61 bits per heavy atom. The number of nitrogens with zero attached hydrogens (tertiary/aromatic N) is 1. The lowest BCUT2D eigenvalue weighted by Gasteiger charge is -1.98. The normalized spacial score (nSPS) is 10.7. The van der Waals surface area contributed by atoms with Crippen molar-refractivity contribution in [2.45, 2.75) is 6.92 Å². The van der Waals surface area contributed by atoms with Crippen LogP contribution in [0.4, 0.5) is 0 Å². The van der Waals surface area contributed by atoms with E-state index in [1.165, 1.54) is 5.56 Å². The van der Waals surface area contributed by atoms with Gasteiger partial charge in [0, 0.05) is 11.1 Å². The van der Waals surface area contributed by atoms with Gasteiger partial charge in [0.25, 0.3) is 0 Å². The zero-order valence-electron chi connectivity index (χ0n) is 9.88. The number of carbonyl (C=O) groups is 1.